The van der Waals surface area contributed by atoms with E-state index in [9.17, 15) is 13.2 Å². The zero-order valence-electron chi connectivity index (χ0n) is 13.3. The van der Waals surface area contributed by atoms with Crippen molar-refractivity contribution in [2.45, 2.75) is 25.4 Å². The fourth-order valence-electron chi connectivity index (χ4n) is 2.97. The Balaban J connectivity index is 2.25. The molecule has 7 heteroatoms. The number of fused-ring (bicyclic) bond motifs is 1. The Labute approximate surface area is 148 Å². The molecule has 0 saturated heterocycles. The number of nitrogens with two attached hydrogens (primary N) is 1. The van der Waals surface area contributed by atoms with Gasteiger partial charge in [0.05, 0.1) is 22.5 Å². The second-order valence-electron chi connectivity index (χ2n) is 5.81. The zero-order chi connectivity index (χ0) is 18.0. The van der Waals surface area contributed by atoms with Gasteiger partial charge in [-0.15, -0.1) is 0 Å². The first-order valence-corrected chi connectivity index (χ1v) is 8.32. The molecule has 0 atom stereocenters. The van der Waals surface area contributed by atoms with Crippen LogP contribution < -0.4 is 5.73 Å². The maximum Gasteiger partial charge on any atom is 0.418 e. The summed E-state index contributed by atoms with van der Waals surface area (Å²) in [4.78, 5) is 7.21. The van der Waals surface area contributed by atoms with Crippen molar-refractivity contribution in [2.75, 3.05) is 6.54 Å². The largest absolute Gasteiger partial charge is 0.418 e. The minimum absolute atomic E-state index is 0.0419. The molecule has 0 amide bonds. The Bertz CT molecular complexity index is 873. The van der Waals surface area contributed by atoms with Crippen LogP contribution in [0.5, 0.6) is 0 Å². The number of pyridine rings is 1. The molecule has 0 fully saturated rings. The minimum atomic E-state index is -4.50. The Kier molecular flexibility index (Phi) is 5.01. The molecule has 132 valence electrons. The summed E-state index contributed by atoms with van der Waals surface area (Å²) in [6.45, 7) is 0.538. The molecule has 0 spiro atoms. The summed E-state index contributed by atoms with van der Waals surface area (Å²) in [5.41, 5.74) is 6.81. The fourth-order valence-corrected chi connectivity index (χ4v) is 3.19. The van der Waals surface area contributed by atoms with Crippen molar-refractivity contribution in [2.24, 2.45) is 5.73 Å². The number of nitrogens with one attached hydrogen (secondary N) is 1. The molecule has 0 radical (unpaired) electrons. The number of hydrogen-bond acceptors (Lipinski definition) is 2. The monoisotopic (exact) mass is 367 g/mol. The lowest BCUT2D eigenvalue weighted by Crippen LogP contribution is -2.05. The van der Waals surface area contributed by atoms with Gasteiger partial charge in [0.15, 0.2) is 0 Å². The molecule has 3 nitrogen and oxygen atoms in total. The quantitative estimate of drug-likeness (QED) is 0.610. The smallest absolute Gasteiger partial charge is 0.353 e. The molecule has 0 aliphatic rings. The third-order valence-electron chi connectivity index (χ3n) is 4.09. The maximum atomic E-state index is 13.4. The Morgan fingerprint density at radius 1 is 1.16 bits per heavy atom. The number of aryl methyl sites for hydroxylation is 1. The number of aromatic amines is 1. The van der Waals surface area contributed by atoms with Crippen LogP contribution >= 0.6 is 11.6 Å². The number of halogens is 4. The van der Waals surface area contributed by atoms with E-state index in [2.05, 4.69) is 9.97 Å². The summed E-state index contributed by atoms with van der Waals surface area (Å²) >= 11 is 5.97. The summed E-state index contributed by atoms with van der Waals surface area (Å²) in [5, 5.41) is 0.545. The molecular formula is C18H17ClF3N3. The van der Waals surface area contributed by atoms with Crippen molar-refractivity contribution in [3.8, 4) is 11.4 Å². The molecule has 0 unspecified atom stereocenters. The van der Waals surface area contributed by atoms with Crippen LogP contribution in [0.25, 0.3) is 22.3 Å². The summed E-state index contributed by atoms with van der Waals surface area (Å²) in [7, 11) is 0. The third kappa shape index (κ3) is 3.65. The first-order chi connectivity index (χ1) is 11.9. The van der Waals surface area contributed by atoms with Crippen molar-refractivity contribution in [3.05, 3.63) is 52.7 Å². The van der Waals surface area contributed by atoms with Crippen molar-refractivity contribution < 1.29 is 13.2 Å². The van der Waals surface area contributed by atoms with E-state index in [0.29, 0.717) is 29.7 Å². The lowest BCUT2D eigenvalue weighted by Gasteiger charge is -2.09. The highest BCUT2D eigenvalue weighted by atomic mass is 35.5. The van der Waals surface area contributed by atoms with Crippen LogP contribution in [0.15, 0.2) is 36.5 Å². The van der Waals surface area contributed by atoms with Crippen LogP contribution in [-0.4, -0.2) is 16.5 Å². The standard InChI is InChI=1S/C18H17ClF3N3/c19-11-9-13-12(5-1-3-7-23)17(15-6-2-4-8-24-15)25-16(13)14(10-11)18(20,21)22/h2,4,6,8-10,25H,1,3,5,7,23H2. The fraction of sp³-hybridized carbons (Fsp3) is 0.278. The van der Waals surface area contributed by atoms with E-state index in [1.54, 1.807) is 30.5 Å². The molecule has 2 heterocycles. The van der Waals surface area contributed by atoms with Gasteiger partial charge in [0, 0.05) is 16.6 Å². The van der Waals surface area contributed by atoms with Crippen molar-refractivity contribution in [3.63, 3.8) is 0 Å². The number of rotatable bonds is 5. The molecule has 0 aliphatic carbocycles. The molecule has 25 heavy (non-hydrogen) atoms. The van der Waals surface area contributed by atoms with Gasteiger partial charge < -0.3 is 10.7 Å². The number of benzene rings is 1. The van der Waals surface area contributed by atoms with Crippen LogP contribution in [0.2, 0.25) is 5.02 Å². The van der Waals surface area contributed by atoms with Crippen molar-refractivity contribution in [1.29, 1.82) is 0 Å². The van der Waals surface area contributed by atoms with Crippen LogP contribution in [0, 0.1) is 0 Å². The molecule has 1 aromatic carbocycles. The molecule has 0 bridgehead atoms. The summed E-state index contributed by atoms with van der Waals surface area (Å²) in [6, 6.07) is 7.86. The zero-order valence-corrected chi connectivity index (χ0v) is 14.1. The van der Waals surface area contributed by atoms with E-state index in [1.807, 2.05) is 0 Å². The Morgan fingerprint density at radius 2 is 1.96 bits per heavy atom. The van der Waals surface area contributed by atoms with Gasteiger partial charge in [0.1, 0.15) is 0 Å². The lowest BCUT2D eigenvalue weighted by molar-refractivity contribution is -0.136. The number of aromatic nitrogens is 2. The van der Waals surface area contributed by atoms with E-state index < -0.39 is 11.7 Å². The predicted molar refractivity (Wildman–Crippen MR) is 93.5 cm³/mol. The van der Waals surface area contributed by atoms with E-state index >= 15 is 0 Å². The maximum absolute atomic E-state index is 13.4. The van der Waals surface area contributed by atoms with Gasteiger partial charge in [0.25, 0.3) is 0 Å². The van der Waals surface area contributed by atoms with E-state index in [4.69, 9.17) is 17.3 Å². The van der Waals surface area contributed by atoms with Gasteiger partial charge in [0.2, 0.25) is 0 Å². The number of hydrogen-bond donors (Lipinski definition) is 2. The van der Waals surface area contributed by atoms with Crippen LogP contribution in [0.4, 0.5) is 13.2 Å². The highest BCUT2D eigenvalue weighted by molar-refractivity contribution is 6.31. The highest BCUT2D eigenvalue weighted by Crippen LogP contribution is 2.40. The number of H-pyrrole nitrogens is 1. The second kappa shape index (κ2) is 7.06. The summed E-state index contributed by atoms with van der Waals surface area (Å²) < 4.78 is 40.3. The Morgan fingerprint density at radius 3 is 2.60 bits per heavy atom. The first-order valence-electron chi connectivity index (χ1n) is 7.94. The highest BCUT2D eigenvalue weighted by Gasteiger charge is 2.34. The normalized spacial score (nSPS) is 12.0. The van der Waals surface area contributed by atoms with Crippen molar-refractivity contribution >= 4 is 22.5 Å². The average Bonchev–Trinajstić information content (AvgIpc) is 2.93. The van der Waals surface area contributed by atoms with Gasteiger partial charge in [-0.1, -0.05) is 17.7 Å². The van der Waals surface area contributed by atoms with E-state index in [-0.39, 0.29) is 10.5 Å². The minimum Gasteiger partial charge on any atom is -0.353 e. The van der Waals surface area contributed by atoms with Gasteiger partial charge in [-0.2, -0.15) is 13.2 Å². The summed E-state index contributed by atoms with van der Waals surface area (Å²) in [5.74, 6) is 0. The Hall–Kier alpha value is -2.05. The molecule has 0 aliphatic heterocycles. The van der Waals surface area contributed by atoms with Crippen LogP contribution in [0.3, 0.4) is 0 Å². The SMILES string of the molecule is NCCCCc1c(-c2ccccn2)[nH]c2c(C(F)(F)F)cc(Cl)cc12. The second-order valence-corrected chi connectivity index (χ2v) is 6.25. The number of unbranched alkanes of at least 4 members (excludes halogenated alkanes) is 1. The third-order valence-corrected chi connectivity index (χ3v) is 4.31. The number of nitrogens with zero attached hydrogens (tertiary/aromatic N) is 1. The molecule has 3 aromatic rings. The predicted octanol–water partition coefficient (Wildman–Crippen LogP) is 5.18. The number of alkyl halides is 3. The van der Waals surface area contributed by atoms with Crippen molar-refractivity contribution in [1.82, 2.24) is 9.97 Å². The average molecular weight is 368 g/mol. The van der Waals surface area contributed by atoms with Gasteiger partial charge in [-0.3, -0.25) is 4.98 Å². The van der Waals surface area contributed by atoms with Gasteiger partial charge >= 0.3 is 6.18 Å². The molecule has 3 rings (SSSR count). The van der Waals surface area contributed by atoms with Gasteiger partial charge in [-0.05, 0) is 55.6 Å². The molecule has 0 saturated carbocycles. The van der Waals surface area contributed by atoms with Crippen LogP contribution in [-0.2, 0) is 12.6 Å². The molecule has 3 N–H and O–H groups in total. The molecule has 2 aromatic heterocycles. The van der Waals surface area contributed by atoms with Crippen LogP contribution in [0.1, 0.15) is 24.0 Å². The van der Waals surface area contributed by atoms with E-state index in [0.717, 1.165) is 24.5 Å². The topological polar surface area (TPSA) is 54.7 Å². The van der Waals surface area contributed by atoms with Gasteiger partial charge in [-0.25, -0.2) is 0 Å². The summed E-state index contributed by atoms with van der Waals surface area (Å²) in [6.07, 6.45) is -0.717. The first kappa shape index (κ1) is 17.8. The molecular weight excluding hydrogens is 351 g/mol. The van der Waals surface area contributed by atoms with E-state index in [1.165, 1.54) is 0 Å². The lowest BCUT2D eigenvalue weighted by atomic mass is 10.0.